The fourth-order valence-corrected chi connectivity index (χ4v) is 7.45. The fraction of sp³-hybridized carbons (Fsp3) is 0.463. The van der Waals surface area contributed by atoms with Crippen LogP contribution < -0.4 is 5.32 Å². The first-order valence-corrected chi connectivity index (χ1v) is 19.0. The van der Waals surface area contributed by atoms with E-state index in [0.29, 0.717) is 13.1 Å². The Balaban J connectivity index is 1.07. The molecule has 2 aliphatic heterocycles. The molecule has 1 unspecified atom stereocenters. The van der Waals surface area contributed by atoms with Crippen LogP contribution in [0.25, 0.3) is 28.4 Å². The molecule has 3 N–H and O–H groups in total. The topological polar surface area (TPSA) is 167 Å². The summed E-state index contributed by atoms with van der Waals surface area (Å²) in [5, 5.41) is 2.70. The van der Waals surface area contributed by atoms with Crippen molar-refractivity contribution in [2.24, 2.45) is 16.8 Å². The molecule has 0 radical (unpaired) electrons. The van der Waals surface area contributed by atoms with Crippen LogP contribution in [-0.2, 0) is 30.5 Å². The summed E-state index contributed by atoms with van der Waals surface area (Å²) in [5.41, 5.74) is 5.87. The third kappa shape index (κ3) is 9.07. The first-order valence-electron chi connectivity index (χ1n) is 19.0. The minimum absolute atomic E-state index is 0.00472. The number of allylic oxidation sites excluding steroid dienone is 1. The van der Waals surface area contributed by atoms with Crippen molar-refractivity contribution in [3.05, 3.63) is 77.5 Å². The summed E-state index contributed by atoms with van der Waals surface area (Å²) < 4.78 is 4.76. The maximum absolute atomic E-state index is 13.5. The zero-order valence-electron chi connectivity index (χ0n) is 32.5. The van der Waals surface area contributed by atoms with E-state index >= 15 is 0 Å². The van der Waals surface area contributed by atoms with Crippen molar-refractivity contribution >= 4 is 41.4 Å². The summed E-state index contributed by atoms with van der Waals surface area (Å²) in [4.78, 5) is 72.9. The molecule has 0 spiro atoms. The molecular formula is C41H52N8O6. The van der Waals surface area contributed by atoms with Gasteiger partial charge in [-0.05, 0) is 72.8 Å². The third-order valence-corrected chi connectivity index (χ3v) is 10.4. The second-order valence-corrected chi connectivity index (χ2v) is 14.8. The number of H-pyrrole nitrogens is 2. The molecule has 4 atom stereocenters. The van der Waals surface area contributed by atoms with Crippen molar-refractivity contribution < 1.29 is 28.9 Å². The largest absolute Gasteiger partial charge is 0.453 e. The number of imidazole rings is 2. The van der Waals surface area contributed by atoms with Gasteiger partial charge in [-0.1, -0.05) is 70.2 Å². The van der Waals surface area contributed by atoms with E-state index in [9.17, 15) is 14.4 Å². The lowest BCUT2D eigenvalue weighted by Gasteiger charge is -2.29. The number of hydrogen-bond acceptors (Lipinski definition) is 9. The number of hydrogen-bond donors (Lipinski definition) is 3. The zero-order chi connectivity index (χ0) is 39.1. The van der Waals surface area contributed by atoms with Crippen molar-refractivity contribution in [3.8, 4) is 11.3 Å². The van der Waals surface area contributed by atoms with Gasteiger partial charge in [-0.25, -0.2) is 19.8 Å². The average molecular weight is 753 g/mol. The van der Waals surface area contributed by atoms with E-state index in [0.717, 1.165) is 77.2 Å². The Labute approximate surface area is 321 Å². The van der Waals surface area contributed by atoms with Crippen molar-refractivity contribution in [2.75, 3.05) is 27.3 Å². The molecule has 292 valence electrons. The minimum atomic E-state index is -0.677. The highest BCUT2D eigenvalue weighted by atomic mass is 17.2. The predicted octanol–water partition coefficient (Wildman–Crippen LogP) is 6.55. The Morgan fingerprint density at radius 2 is 1.64 bits per heavy atom. The molecule has 14 nitrogen and oxygen atoms in total. The van der Waals surface area contributed by atoms with Crippen LogP contribution in [0.2, 0.25) is 0 Å². The highest BCUT2D eigenvalue weighted by molar-refractivity contribution is 5.87. The Hall–Kier alpha value is -5.50. The standard InChI is InChI=1S/C41H52N8O6/c1-25(2)35(43-24-55-54-6)39(50)48-20-8-12-33(48)37-42-23-32(46-37)29-17-14-27(15-18-29)10-7-11-28-16-19-30-31(22-28)45-38(44-30)34-13-9-21-49(34)40(51)36(26(3)4)47-41(52)53-5/h7,10,14-19,22-26,33-36H,8-9,11-13,20-21H2,1-6H3,(H,42,46)(H,44,45)(H,47,52)/b10-7?,43-24-/t33?,34-,35-,36-/m0/s1. The summed E-state index contributed by atoms with van der Waals surface area (Å²) in [6.07, 6.45) is 10.7. The zero-order valence-corrected chi connectivity index (χ0v) is 32.5. The van der Waals surface area contributed by atoms with Gasteiger partial charge in [0.05, 0.1) is 49.2 Å². The van der Waals surface area contributed by atoms with Crippen LogP contribution in [0.3, 0.4) is 0 Å². The van der Waals surface area contributed by atoms with Crippen LogP contribution in [0.15, 0.2) is 59.7 Å². The van der Waals surface area contributed by atoms with Gasteiger partial charge in [-0.15, -0.1) is 0 Å². The van der Waals surface area contributed by atoms with Crippen molar-refractivity contribution in [3.63, 3.8) is 0 Å². The number of aromatic nitrogens is 4. The van der Waals surface area contributed by atoms with Gasteiger partial charge < -0.3 is 34.7 Å². The number of nitrogens with zero attached hydrogens (tertiary/aromatic N) is 5. The summed E-state index contributed by atoms with van der Waals surface area (Å²) in [6, 6.07) is 12.9. The normalized spacial score (nSPS) is 18.6. The highest BCUT2D eigenvalue weighted by Crippen LogP contribution is 2.34. The maximum Gasteiger partial charge on any atom is 0.407 e. The van der Waals surface area contributed by atoms with Gasteiger partial charge in [0.25, 0.3) is 0 Å². The van der Waals surface area contributed by atoms with E-state index in [1.54, 1.807) is 0 Å². The Kier molecular flexibility index (Phi) is 12.7. The van der Waals surface area contributed by atoms with Crippen LogP contribution in [0, 0.1) is 11.8 Å². The maximum atomic E-state index is 13.5. The van der Waals surface area contributed by atoms with Gasteiger partial charge in [-0.3, -0.25) is 9.59 Å². The van der Waals surface area contributed by atoms with Crippen molar-refractivity contribution in [2.45, 2.75) is 84.0 Å². The molecule has 2 saturated heterocycles. The van der Waals surface area contributed by atoms with Gasteiger partial charge in [0.15, 0.2) is 0 Å². The summed E-state index contributed by atoms with van der Waals surface area (Å²) in [7, 11) is 2.69. The molecule has 4 heterocycles. The van der Waals surface area contributed by atoms with Gasteiger partial charge in [0.2, 0.25) is 18.2 Å². The molecule has 2 aliphatic rings. The van der Waals surface area contributed by atoms with E-state index < -0.39 is 18.2 Å². The quantitative estimate of drug-likeness (QED) is 0.0565. The molecule has 0 aliphatic carbocycles. The molecule has 3 amide bonds. The van der Waals surface area contributed by atoms with Crippen LogP contribution >= 0.6 is 0 Å². The number of rotatable bonds is 14. The fourth-order valence-electron chi connectivity index (χ4n) is 7.45. The molecule has 2 fully saturated rings. The van der Waals surface area contributed by atoms with Crippen molar-refractivity contribution in [1.29, 1.82) is 0 Å². The van der Waals surface area contributed by atoms with Gasteiger partial charge in [0, 0.05) is 13.1 Å². The highest BCUT2D eigenvalue weighted by Gasteiger charge is 2.38. The average Bonchev–Trinajstić information content (AvgIpc) is 4.01. The van der Waals surface area contributed by atoms with Crippen LogP contribution in [0.1, 0.15) is 88.2 Å². The van der Waals surface area contributed by atoms with E-state index in [4.69, 9.17) is 14.6 Å². The predicted molar refractivity (Wildman–Crippen MR) is 210 cm³/mol. The molecule has 2 aromatic heterocycles. The molecule has 0 bridgehead atoms. The van der Waals surface area contributed by atoms with Crippen molar-refractivity contribution in [1.82, 2.24) is 35.1 Å². The molecule has 6 rings (SSSR count). The number of amides is 3. The van der Waals surface area contributed by atoms with Gasteiger partial charge in [-0.2, -0.15) is 4.89 Å². The Bertz CT molecular complexity index is 2000. The van der Waals surface area contributed by atoms with Crippen LogP contribution in [-0.4, -0.2) is 93.4 Å². The van der Waals surface area contributed by atoms with Crippen LogP contribution in [0.4, 0.5) is 4.79 Å². The second kappa shape index (κ2) is 17.8. The summed E-state index contributed by atoms with van der Waals surface area (Å²) >= 11 is 0. The smallest absolute Gasteiger partial charge is 0.407 e. The lowest BCUT2D eigenvalue weighted by atomic mass is 10.0. The van der Waals surface area contributed by atoms with Gasteiger partial charge in [0.1, 0.15) is 23.7 Å². The number of aromatic amines is 2. The molecule has 4 aromatic rings. The SMILES string of the molecule is COO/C=N\[C@H](C(=O)N1CCCC1c1ncc(-c2ccc(C=CCc3ccc4[nH]c([C@@H]5CCCN5C(=O)[C@@H](NC(=O)OC)C(C)C)nc4c3)cc2)[nH]1)C(C)C. The first kappa shape index (κ1) is 39.2. The van der Waals surface area contributed by atoms with Gasteiger partial charge >= 0.3 is 6.09 Å². The van der Waals surface area contributed by atoms with E-state index in [2.05, 4.69) is 78.7 Å². The first-order chi connectivity index (χ1) is 26.6. The minimum Gasteiger partial charge on any atom is -0.453 e. The number of alkyl carbamates (subject to hydrolysis) is 1. The molecule has 55 heavy (non-hydrogen) atoms. The number of nitrogens with one attached hydrogen (secondary N) is 3. The Morgan fingerprint density at radius 3 is 2.31 bits per heavy atom. The van der Waals surface area contributed by atoms with E-state index in [1.165, 1.54) is 20.6 Å². The lowest BCUT2D eigenvalue weighted by Crippen LogP contribution is -2.51. The number of benzene rings is 2. The number of carbonyl (C=O) groups is 3. The number of likely N-dealkylation sites (tertiary alicyclic amines) is 2. The van der Waals surface area contributed by atoms with Crippen LogP contribution in [0.5, 0.6) is 0 Å². The molecule has 0 saturated carbocycles. The van der Waals surface area contributed by atoms with E-state index in [-0.39, 0.29) is 35.7 Å². The lowest BCUT2D eigenvalue weighted by molar-refractivity contribution is -0.188. The monoisotopic (exact) mass is 752 g/mol. The molecule has 2 aromatic carbocycles. The molecular weight excluding hydrogens is 701 g/mol. The third-order valence-electron chi connectivity index (χ3n) is 10.4. The number of aliphatic imine (C=N–C) groups is 1. The number of ether oxygens (including phenoxy) is 1. The summed E-state index contributed by atoms with van der Waals surface area (Å²) in [5.74, 6) is 1.25. The Morgan fingerprint density at radius 1 is 0.927 bits per heavy atom. The number of carbonyl (C=O) groups excluding carboxylic acids is 3. The second-order valence-electron chi connectivity index (χ2n) is 14.8. The summed E-state index contributed by atoms with van der Waals surface area (Å²) in [6.45, 7) is 9.01. The number of fused-ring (bicyclic) bond motifs is 1. The van der Waals surface area contributed by atoms with E-state index in [1.807, 2.05) is 49.8 Å². The molecule has 14 heteroatoms. The number of methoxy groups -OCH3 is 1.